The number of methoxy groups -OCH3 is 2. The molecule has 3 saturated carbocycles. The van der Waals surface area contributed by atoms with Gasteiger partial charge in [-0.15, -0.1) is 0 Å². The molecule has 0 aliphatic heterocycles. The predicted molar refractivity (Wildman–Crippen MR) is 172 cm³/mol. The summed E-state index contributed by atoms with van der Waals surface area (Å²) in [4.78, 5) is 12.8. The Morgan fingerprint density at radius 2 is 1.71 bits per heavy atom. The van der Waals surface area contributed by atoms with Crippen molar-refractivity contribution in [2.24, 2.45) is 34.5 Å². The van der Waals surface area contributed by atoms with Crippen molar-refractivity contribution in [3.63, 3.8) is 0 Å². The number of fused-ring (bicyclic) bond motifs is 5. The van der Waals surface area contributed by atoms with Crippen molar-refractivity contribution in [1.29, 1.82) is 0 Å². The van der Waals surface area contributed by atoms with Gasteiger partial charge in [-0.3, -0.25) is 0 Å². The summed E-state index contributed by atoms with van der Waals surface area (Å²) in [6.07, 6.45) is 25.8. The number of unbranched alkanes of at least 4 members (excludes halogenated alkanes) is 5. The van der Waals surface area contributed by atoms with Crippen molar-refractivity contribution in [3.8, 4) is 11.5 Å². The van der Waals surface area contributed by atoms with Crippen LogP contribution >= 0.6 is 0 Å². The molecule has 0 radical (unpaired) electrons. The van der Waals surface area contributed by atoms with Gasteiger partial charge in [0.15, 0.2) is 11.5 Å². The number of carbonyl (C=O) groups is 1. The molecule has 0 spiro atoms. The van der Waals surface area contributed by atoms with Crippen molar-refractivity contribution in [3.05, 3.63) is 41.5 Å². The van der Waals surface area contributed by atoms with Crippen LogP contribution < -0.4 is 9.47 Å². The first kappa shape index (κ1) is 31.2. The number of rotatable bonds is 12. The third-order valence-electron chi connectivity index (χ3n) is 12.3. The number of carbonyl (C=O) groups excluding carboxylic acids is 1. The van der Waals surface area contributed by atoms with Crippen LogP contribution in [0, 0.1) is 34.5 Å². The Kier molecular flexibility index (Phi) is 10.1. The molecule has 5 rings (SSSR count). The fraction of sp³-hybridized carbons (Fsp3) is 0.711. The van der Waals surface area contributed by atoms with Gasteiger partial charge in [0.1, 0.15) is 6.10 Å². The molecule has 1 aromatic rings. The van der Waals surface area contributed by atoms with E-state index in [1.807, 2.05) is 18.2 Å². The average molecular weight is 577 g/mol. The fourth-order valence-electron chi connectivity index (χ4n) is 9.81. The van der Waals surface area contributed by atoms with E-state index in [0.29, 0.717) is 16.9 Å². The van der Waals surface area contributed by atoms with Gasteiger partial charge in [-0.1, -0.05) is 77.0 Å². The summed E-state index contributed by atoms with van der Waals surface area (Å²) in [5.74, 6) is 4.54. The Labute approximate surface area is 255 Å². The first-order valence-electron chi connectivity index (χ1n) is 17.1. The summed E-state index contributed by atoms with van der Waals surface area (Å²) < 4.78 is 16.7. The largest absolute Gasteiger partial charge is 0.493 e. The normalized spacial score (nSPS) is 33.8. The molecule has 0 bridgehead atoms. The molecule has 4 aliphatic rings. The average Bonchev–Trinajstić information content (AvgIpc) is 3.33. The van der Waals surface area contributed by atoms with Crippen LogP contribution in [0.15, 0.2) is 35.9 Å². The van der Waals surface area contributed by atoms with Gasteiger partial charge < -0.3 is 14.2 Å². The summed E-state index contributed by atoms with van der Waals surface area (Å²) in [7, 11) is 3.24. The van der Waals surface area contributed by atoms with Gasteiger partial charge in [0.25, 0.3) is 0 Å². The third kappa shape index (κ3) is 6.34. The second-order valence-electron chi connectivity index (χ2n) is 14.4. The number of allylic oxidation sites excluding steroid dienone is 1. The van der Waals surface area contributed by atoms with Crippen LogP contribution in [0.1, 0.15) is 123 Å². The molecule has 0 aromatic heterocycles. The van der Waals surface area contributed by atoms with Crippen LogP contribution in [0.2, 0.25) is 0 Å². The topological polar surface area (TPSA) is 44.8 Å². The second-order valence-corrected chi connectivity index (χ2v) is 14.4. The van der Waals surface area contributed by atoms with Gasteiger partial charge in [-0.2, -0.15) is 0 Å². The van der Waals surface area contributed by atoms with Crippen LogP contribution in [0.5, 0.6) is 11.5 Å². The van der Waals surface area contributed by atoms with Crippen LogP contribution in [0.25, 0.3) is 6.08 Å². The minimum atomic E-state index is -0.261. The molecule has 232 valence electrons. The quantitative estimate of drug-likeness (QED) is 0.107. The number of ether oxygens (including phenoxy) is 3. The van der Waals surface area contributed by atoms with Crippen molar-refractivity contribution >= 4 is 12.0 Å². The van der Waals surface area contributed by atoms with Crippen LogP contribution in [0.3, 0.4) is 0 Å². The van der Waals surface area contributed by atoms with Crippen LogP contribution in [-0.2, 0) is 9.53 Å². The van der Waals surface area contributed by atoms with Gasteiger partial charge in [0, 0.05) is 12.5 Å². The lowest BCUT2D eigenvalue weighted by Crippen LogP contribution is -2.50. The SMILES string of the molecule is CCCCCCCC[C@@H]1CC[C@H]2[C@H]3CC=C4C[C@@H](OC(=O)C=Cc5ccc(OC)c(OC)c5)CC[C@]4(C)[C@H]3CC[C@]12C. The van der Waals surface area contributed by atoms with E-state index in [1.54, 1.807) is 31.9 Å². The zero-order valence-electron chi connectivity index (χ0n) is 27.1. The van der Waals surface area contributed by atoms with Gasteiger partial charge in [-0.25, -0.2) is 4.79 Å². The number of hydrogen-bond donors (Lipinski definition) is 0. The van der Waals surface area contributed by atoms with Gasteiger partial charge in [0.2, 0.25) is 0 Å². The molecule has 4 nitrogen and oxygen atoms in total. The summed E-state index contributed by atoms with van der Waals surface area (Å²) in [6, 6.07) is 5.63. The molecule has 3 fully saturated rings. The second kappa shape index (κ2) is 13.6. The van der Waals surface area contributed by atoms with E-state index in [-0.39, 0.29) is 17.5 Å². The zero-order valence-corrected chi connectivity index (χ0v) is 27.1. The van der Waals surface area contributed by atoms with E-state index in [0.717, 1.165) is 48.5 Å². The maximum atomic E-state index is 12.8. The maximum Gasteiger partial charge on any atom is 0.331 e. The molecule has 0 amide bonds. The monoisotopic (exact) mass is 576 g/mol. The van der Waals surface area contributed by atoms with Gasteiger partial charge in [0.05, 0.1) is 14.2 Å². The lowest BCUT2D eigenvalue weighted by molar-refractivity contribution is -0.145. The van der Waals surface area contributed by atoms with Gasteiger partial charge >= 0.3 is 5.97 Å². The highest BCUT2D eigenvalue weighted by Crippen LogP contribution is 2.66. The summed E-state index contributed by atoms with van der Waals surface area (Å²) in [5.41, 5.74) is 3.29. The van der Waals surface area contributed by atoms with Crippen molar-refractivity contribution in [1.82, 2.24) is 0 Å². The van der Waals surface area contributed by atoms with E-state index in [1.165, 1.54) is 77.0 Å². The van der Waals surface area contributed by atoms with Gasteiger partial charge in [-0.05, 0) is 110 Å². The molecule has 0 saturated heterocycles. The predicted octanol–water partition coefficient (Wildman–Crippen LogP) is 9.96. The Morgan fingerprint density at radius 1 is 0.929 bits per heavy atom. The smallest absolute Gasteiger partial charge is 0.331 e. The van der Waals surface area contributed by atoms with Crippen molar-refractivity contribution in [2.75, 3.05) is 14.2 Å². The van der Waals surface area contributed by atoms with E-state index in [4.69, 9.17) is 14.2 Å². The highest BCUT2D eigenvalue weighted by Gasteiger charge is 2.58. The van der Waals surface area contributed by atoms with E-state index in [2.05, 4.69) is 26.8 Å². The Balaban J connectivity index is 1.16. The number of esters is 1. The first-order valence-corrected chi connectivity index (χ1v) is 17.1. The molecule has 0 heterocycles. The molecule has 42 heavy (non-hydrogen) atoms. The molecule has 0 N–H and O–H groups in total. The molecule has 4 heteroatoms. The standard InChI is InChI=1S/C38H56O4/c1-6-7-8-9-10-11-12-28-16-18-32-31-17-15-29-26-30(21-23-38(29,3)33(31)22-24-37(28,32)2)42-36(39)20-14-27-13-19-34(40-4)35(25-27)41-5/h13-15,19-20,25,28,30-33H,6-12,16-18,21-24,26H2,1-5H3/t28-,30+,31-,32+,33+,37-,38+/m1/s1. The maximum absolute atomic E-state index is 12.8. The Hall–Kier alpha value is -2.23. The minimum absolute atomic E-state index is 0.0227. The van der Waals surface area contributed by atoms with Crippen LogP contribution in [0.4, 0.5) is 0 Å². The molecule has 4 aliphatic carbocycles. The molecule has 1 aromatic carbocycles. The van der Waals surface area contributed by atoms with E-state index >= 15 is 0 Å². The minimum Gasteiger partial charge on any atom is -0.493 e. The van der Waals surface area contributed by atoms with E-state index in [9.17, 15) is 4.79 Å². The zero-order chi connectivity index (χ0) is 29.7. The number of benzene rings is 1. The number of hydrogen-bond acceptors (Lipinski definition) is 4. The summed E-state index contributed by atoms with van der Waals surface area (Å²) in [5, 5.41) is 0. The van der Waals surface area contributed by atoms with Crippen LogP contribution in [-0.4, -0.2) is 26.3 Å². The highest BCUT2D eigenvalue weighted by molar-refractivity contribution is 5.87. The molecular formula is C38H56O4. The first-order chi connectivity index (χ1) is 20.3. The molecular weight excluding hydrogens is 520 g/mol. The van der Waals surface area contributed by atoms with Crippen molar-refractivity contribution < 1.29 is 19.0 Å². The Bertz CT molecular complexity index is 1140. The summed E-state index contributed by atoms with van der Waals surface area (Å²) >= 11 is 0. The molecule has 0 unspecified atom stereocenters. The third-order valence-corrected chi connectivity index (χ3v) is 12.3. The van der Waals surface area contributed by atoms with E-state index < -0.39 is 0 Å². The lowest BCUT2D eigenvalue weighted by Gasteiger charge is -2.58. The summed E-state index contributed by atoms with van der Waals surface area (Å²) in [6.45, 7) is 7.54. The molecule has 7 atom stereocenters. The Morgan fingerprint density at radius 3 is 2.50 bits per heavy atom. The highest BCUT2D eigenvalue weighted by atomic mass is 16.5. The lowest BCUT2D eigenvalue weighted by atomic mass is 9.47. The fourth-order valence-corrected chi connectivity index (χ4v) is 9.81. The van der Waals surface area contributed by atoms with Crippen molar-refractivity contribution in [2.45, 2.75) is 123 Å².